The first-order valence-electron chi connectivity index (χ1n) is 12.9. The normalized spacial score (nSPS) is 17.6. The minimum Gasteiger partial charge on any atom is -0.507 e. The molecule has 0 unspecified atom stereocenters. The second-order valence-electron chi connectivity index (χ2n) is 12.2. The van der Waals surface area contributed by atoms with Crippen molar-refractivity contribution in [1.82, 2.24) is 4.90 Å². The number of benzene rings is 3. The summed E-state index contributed by atoms with van der Waals surface area (Å²) in [4.78, 5) is 2.37. The molecule has 3 nitrogen and oxygen atoms in total. The highest BCUT2D eigenvalue weighted by molar-refractivity contribution is 5.49. The molecule has 0 bridgehead atoms. The molecule has 4 rings (SSSR count). The Morgan fingerprint density at radius 3 is 1.80 bits per heavy atom. The van der Waals surface area contributed by atoms with Crippen LogP contribution in [0.15, 0.2) is 72.8 Å². The smallest absolute Gasteiger partial charge is 0.130 e. The van der Waals surface area contributed by atoms with Crippen LogP contribution in [0.25, 0.3) is 0 Å². The monoisotopic (exact) mass is 471 g/mol. The molecule has 0 aromatic heterocycles. The molecule has 3 aromatic rings. The SMILES string of the molecule is CC(C)(C)c1cc(CN2CCC[C@@H]2C(O)(c2ccccc2)c2ccccc2)c(O)c(C(C)(C)C)c1. The molecule has 3 aromatic carbocycles. The number of hydrogen-bond acceptors (Lipinski definition) is 3. The lowest BCUT2D eigenvalue weighted by molar-refractivity contribution is -0.00675. The maximum Gasteiger partial charge on any atom is 0.130 e. The van der Waals surface area contributed by atoms with Crippen LogP contribution >= 0.6 is 0 Å². The van der Waals surface area contributed by atoms with Gasteiger partial charge in [-0.1, -0.05) is 114 Å². The van der Waals surface area contributed by atoms with Crippen molar-refractivity contribution in [2.45, 2.75) is 83.4 Å². The summed E-state index contributed by atoms with van der Waals surface area (Å²) in [5.41, 5.74) is 3.64. The quantitative estimate of drug-likeness (QED) is 0.426. The predicted molar refractivity (Wildman–Crippen MR) is 145 cm³/mol. The zero-order valence-corrected chi connectivity index (χ0v) is 22.2. The van der Waals surface area contributed by atoms with E-state index in [1.54, 1.807) is 0 Å². The number of phenolic OH excluding ortho intramolecular Hbond substituents is 1. The maximum atomic E-state index is 12.4. The van der Waals surface area contributed by atoms with Gasteiger partial charge in [0, 0.05) is 18.2 Å². The number of likely N-dealkylation sites (tertiary alicyclic amines) is 1. The highest BCUT2D eigenvalue weighted by atomic mass is 16.3. The molecule has 0 aliphatic carbocycles. The molecule has 0 saturated carbocycles. The van der Waals surface area contributed by atoms with Crippen LogP contribution in [0.4, 0.5) is 0 Å². The Labute approximate surface area is 211 Å². The largest absolute Gasteiger partial charge is 0.507 e. The van der Waals surface area contributed by atoms with Crippen LogP contribution in [0.1, 0.15) is 82.2 Å². The van der Waals surface area contributed by atoms with Crippen LogP contribution in [-0.4, -0.2) is 27.7 Å². The summed E-state index contributed by atoms with van der Waals surface area (Å²) in [5, 5.41) is 23.8. The van der Waals surface area contributed by atoms with Crippen molar-refractivity contribution in [2.24, 2.45) is 0 Å². The van der Waals surface area contributed by atoms with Crippen molar-refractivity contribution in [3.8, 4) is 5.75 Å². The zero-order valence-electron chi connectivity index (χ0n) is 22.2. The summed E-state index contributed by atoms with van der Waals surface area (Å²) < 4.78 is 0. The van der Waals surface area contributed by atoms with E-state index in [1.165, 1.54) is 5.56 Å². The van der Waals surface area contributed by atoms with E-state index in [4.69, 9.17) is 0 Å². The number of nitrogens with zero attached hydrogens (tertiary/aromatic N) is 1. The number of aliphatic hydroxyl groups is 1. The Morgan fingerprint density at radius 1 is 0.771 bits per heavy atom. The molecule has 2 N–H and O–H groups in total. The van der Waals surface area contributed by atoms with E-state index in [0.29, 0.717) is 12.3 Å². The summed E-state index contributed by atoms with van der Waals surface area (Å²) in [6.07, 6.45) is 1.91. The number of phenols is 1. The van der Waals surface area contributed by atoms with Crippen molar-refractivity contribution >= 4 is 0 Å². The Hall–Kier alpha value is -2.62. The fourth-order valence-corrected chi connectivity index (χ4v) is 5.46. The molecule has 1 atom stereocenters. The fraction of sp³-hybridized carbons (Fsp3) is 0.438. The Balaban J connectivity index is 1.79. The van der Waals surface area contributed by atoms with Crippen molar-refractivity contribution in [1.29, 1.82) is 0 Å². The molecule has 1 aliphatic rings. The average Bonchev–Trinajstić information content (AvgIpc) is 3.28. The van der Waals surface area contributed by atoms with Gasteiger partial charge in [-0.25, -0.2) is 0 Å². The van der Waals surface area contributed by atoms with Crippen LogP contribution in [0.2, 0.25) is 0 Å². The summed E-state index contributed by atoms with van der Waals surface area (Å²) in [7, 11) is 0. The van der Waals surface area contributed by atoms with Gasteiger partial charge in [-0.2, -0.15) is 0 Å². The lowest BCUT2D eigenvalue weighted by Crippen LogP contribution is -2.48. The predicted octanol–water partition coefficient (Wildman–Crippen LogP) is 6.89. The van der Waals surface area contributed by atoms with Crippen molar-refractivity contribution in [3.63, 3.8) is 0 Å². The van der Waals surface area contributed by atoms with Gasteiger partial charge in [0.1, 0.15) is 11.4 Å². The first-order chi connectivity index (χ1) is 16.4. The lowest BCUT2D eigenvalue weighted by atomic mass is 9.78. The van der Waals surface area contributed by atoms with Crippen molar-refractivity contribution in [2.75, 3.05) is 6.54 Å². The molecule has 0 radical (unpaired) electrons. The molecule has 1 fully saturated rings. The summed E-state index contributed by atoms with van der Waals surface area (Å²) >= 11 is 0. The molecular weight excluding hydrogens is 430 g/mol. The van der Waals surface area contributed by atoms with Gasteiger partial charge in [-0.3, -0.25) is 4.90 Å². The third-order valence-corrected chi connectivity index (χ3v) is 7.51. The number of aromatic hydroxyl groups is 1. The first-order valence-corrected chi connectivity index (χ1v) is 12.9. The fourth-order valence-electron chi connectivity index (χ4n) is 5.46. The second kappa shape index (κ2) is 9.44. The highest BCUT2D eigenvalue weighted by Crippen LogP contribution is 2.43. The molecular formula is C32H41NO2. The summed E-state index contributed by atoms with van der Waals surface area (Å²) in [6, 6.07) is 24.3. The van der Waals surface area contributed by atoms with Crippen molar-refractivity contribution in [3.05, 3.63) is 101 Å². The Morgan fingerprint density at radius 2 is 1.31 bits per heavy atom. The van der Waals surface area contributed by atoms with Gasteiger partial charge in [0.15, 0.2) is 0 Å². The standard InChI is InChI=1S/C32H41NO2/c1-30(2,3)26-20-23(29(34)27(21-26)31(4,5)6)22-33-19-13-18-28(33)32(35,24-14-9-7-10-15-24)25-16-11-8-12-17-25/h7-12,14-17,20-21,28,34-35H,13,18-19,22H2,1-6H3/t28-/m1/s1. The molecule has 0 amide bonds. The number of hydrogen-bond donors (Lipinski definition) is 2. The lowest BCUT2D eigenvalue weighted by Gasteiger charge is -2.40. The highest BCUT2D eigenvalue weighted by Gasteiger charge is 2.45. The molecule has 35 heavy (non-hydrogen) atoms. The molecule has 186 valence electrons. The van der Waals surface area contributed by atoms with Crippen LogP contribution in [-0.2, 0) is 23.0 Å². The van der Waals surface area contributed by atoms with E-state index in [9.17, 15) is 10.2 Å². The van der Waals surface area contributed by atoms with E-state index in [-0.39, 0.29) is 16.9 Å². The van der Waals surface area contributed by atoms with Crippen LogP contribution in [0.3, 0.4) is 0 Å². The third kappa shape index (κ3) is 5.03. The molecule has 1 saturated heterocycles. The van der Waals surface area contributed by atoms with Crippen molar-refractivity contribution < 1.29 is 10.2 Å². The second-order valence-corrected chi connectivity index (χ2v) is 12.2. The molecule has 3 heteroatoms. The number of rotatable bonds is 5. The maximum absolute atomic E-state index is 12.4. The topological polar surface area (TPSA) is 43.7 Å². The van der Waals surface area contributed by atoms with E-state index in [0.717, 1.165) is 41.6 Å². The zero-order chi connectivity index (χ0) is 25.4. The van der Waals surface area contributed by atoms with Gasteiger partial charge in [0.2, 0.25) is 0 Å². The van der Waals surface area contributed by atoms with Gasteiger partial charge in [0.05, 0.1) is 0 Å². The Bertz CT molecular complexity index is 1100. The molecule has 0 spiro atoms. The Kier molecular flexibility index (Phi) is 6.87. The third-order valence-electron chi connectivity index (χ3n) is 7.51. The van der Waals surface area contributed by atoms with Gasteiger partial charge in [-0.05, 0) is 52.5 Å². The van der Waals surface area contributed by atoms with E-state index in [2.05, 4.69) is 58.6 Å². The minimum atomic E-state index is -1.14. The van der Waals surface area contributed by atoms with E-state index < -0.39 is 5.60 Å². The van der Waals surface area contributed by atoms with Gasteiger partial charge in [0.25, 0.3) is 0 Å². The van der Waals surface area contributed by atoms with Crippen LogP contribution < -0.4 is 0 Å². The summed E-state index contributed by atoms with van der Waals surface area (Å²) in [6.45, 7) is 14.6. The average molecular weight is 472 g/mol. The van der Waals surface area contributed by atoms with Gasteiger partial charge >= 0.3 is 0 Å². The van der Waals surface area contributed by atoms with E-state index >= 15 is 0 Å². The minimum absolute atomic E-state index is 0.0261. The first kappa shape index (κ1) is 25.5. The van der Waals surface area contributed by atoms with E-state index in [1.807, 2.05) is 60.7 Å². The van der Waals surface area contributed by atoms with Gasteiger partial charge < -0.3 is 10.2 Å². The van der Waals surface area contributed by atoms with Crippen LogP contribution in [0.5, 0.6) is 5.75 Å². The molecule has 1 aliphatic heterocycles. The molecule has 1 heterocycles. The van der Waals surface area contributed by atoms with Gasteiger partial charge in [-0.15, -0.1) is 0 Å². The summed E-state index contributed by atoms with van der Waals surface area (Å²) in [5.74, 6) is 0.388. The van der Waals surface area contributed by atoms with Crippen LogP contribution in [0, 0.1) is 0 Å².